The maximum atomic E-state index is 13.4. The van der Waals surface area contributed by atoms with Crippen LogP contribution >= 0.6 is 0 Å². The predicted molar refractivity (Wildman–Crippen MR) is 152 cm³/mol. The number of aliphatic hydroxyl groups excluding tert-OH is 1. The molecule has 3 aromatic rings. The summed E-state index contributed by atoms with van der Waals surface area (Å²) in [5.41, 5.74) is 2.36. The summed E-state index contributed by atoms with van der Waals surface area (Å²) < 4.78 is 2.01. The van der Waals surface area contributed by atoms with Crippen molar-refractivity contribution in [2.24, 2.45) is 5.41 Å². The van der Waals surface area contributed by atoms with Crippen LogP contribution < -0.4 is 10.2 Å². The van der Waals surface area contributed by atoms with Gasteiger partial charge in [-0.3, -0.25) is 34.1 Å². The van der Waals surface area contributed by atoms with Gasteiger partial charge in [0.15, 0.2) is 0 Å². The standard InChI is InChI=1S/C31H35N5O5/c1-30(2,18-37)29(41)34-13-11-31(3,12-14-34)35-17-19(16-32-35)15-20-7-8-23-26-21(20)5-4-6-22(26)28(40)36(23)24-9-10-25(38)33-27(24)39/h4-8,16-17,24,37H,9-15,18H2,1-3H3,(H,33,38,39). The number of rotatable bonds is 6. The van der Waals surface area contributed by atoms with E-state index in [1.54, 1.807) is 24.8 Å². The Morgan fingerprint density at radius 2 is 1.90 bits per heavy atom. The number of benzene rings is 2. The fourth-order valence-electron chi connectivity index (χ4n) is 6.34. The lowest BCUT2D eigenvalue weighted by molar-refractivity contribution is -0.144. The largest absolute Gasteiger partial charge is 0.395 e. The van der Waals surface area contributed by atoms with Gasteiger partial charge in [0.1, 0.15) is 6.04 Å². The Bertz CT molecular complexity index is 1580. The molecule has 2 fully saturated rings. The second-order valence-corrected chi connectivity index (χ2v) is 12.4. The average Bonchev–Trinajstić information content (AvgIpc) is 3.54. The molecule has 41 heavy (non-hydrogen) atoms. The number of imide groups is 1. The molecule has 1 unspecified atom stereocenters. The van der Waals surface area contributed by atoms with E-state index in [4.69, 9.17) is 5.10 Å². The van der Waals surface area contributed by atoms with Gasteiger partial charge in [0.25, 0.3) is 5.91 Å². The first-order valence-electron chi connectivity index (χ1n) is 14.2. The van der Waals surface area contributed by atoms with Gasteiger partial charge in [-0.1, -0.05) is 18.2 Å². The zero-order valence-electron chi connectivity index (χ0n) is 23.6. The Morgan fingerprint density at radius 1 is 1.15 bits per heavy atom. The lowest BCUT2D eigenvalue weighted by Crippen LogP contribution is -2.53. The number of nitrogens with one attached hydrogen (secondary N) is 1. The van der Waals surface area contributed by atoms with Gasteiger partial charge in [-0.25, -0.2) is 0 Å². The molecule has 2 N–H and O–H groups in total. The van der Waals surface area contributed by atoms with E-state index in [1.807, 2.05) is 40.0 Å². The van der Waals surface area contributed by atoms with Crippen LogP contribution in [0.15, 0.2) is 42.7 Å². The predicted octanol–water partition coefficient (Wildman–Crippen LogP) is 2.75. The highest BCUT2D eigenvalue weighted by Gasteiger charge is 2.41. The number of carbonyl (C=O) groups excluding carboxylic acids is 4. The van der Waals surface area contributed by atoms with Crippen LogP contribution in [-0.2, 0) is 26.3 Å². The van der Waals surface area contributed by atoms with Gasteiger partial charge in [-0.05, 0) is 68.7 Å². The molecule has 214 valence electrons. The van der Waals surface area contributed by atoms with E-state index in [1.165, 1.54) is 0 Å². The maximum absolute atomic E-state index is 13.4. The molecule has 0 spiro atoms. The monoisotopic (exact) mass is 557 g/mol. The van der Waals surface area contributed by atoms with Crippen molar-refractivity contribution in [3.8, 4) is 0 Å². The van der Waals surface area contributed by atoms with Crippen LogP contribution in [0.2, 0.25) is 0 Å². The van der Waals surface area contributed by atoms with Gasteiger partial charge in [-0.15, -0.1) is 0 Å². The molecule has 1 atom stereocenters. The Balaban J connectivity index is 1.22. The molecule has 0 radical (unpaired) electrons. The highest BCUT2D eigenvalue weighted by atomic mass is 16.3. The summed E-state index contributed by atoms with van der Waals surface area (Å²) in [6.45, 7) is 6.75. The van der Waals surface area contributed by atoms with Crippen LogP contribution in [0.25, 0.3) is 10.8 Å². The second-order valence-electron chi connectivity index (χ2n) is 12.4. The molecule has 4 heterocycles. The first kappa shape index (κ1) is 27.1. The van der Waals surface area contributed by atoms with Crippen LogP contribution in [0.3, 0.4) is 0 Å². The van der Waals surface area contributed by atoms with Crippen molar-refractivity contribution in [1.82, 2.24) is 20.0 Å². The number of nitrogens with zero attached hydrogens (tertiary/aromatic N) is 4. The topological polar surface area (TPSA) is 125 Å². The Kier molecular flexibility index (Phi) is 6.48. The maximum Gasteiger partial charge on any atom is 0.259 e. The number of hydrogen-bond acceptors (Lipinski definition) is 6. The van der Waals surface area contributed by atoms with Crippen LogP contribution in [-0.4, -0.2) is 69.2 Å². The van der Waals surface area contributed by atoms with Crippen molar-refractivity contribution in [1.29, 1.82) is 0 Å². The molecule has 2 saturated heterocycles. The number of piperidine rings is 2. The van der Waals surface area contributed by atoms with Gasteiger partial charge < -0.3 is 10.0 Å². The summed E-state index contributed by atoms with van der Waals surface area (Å²) >= 11 is 0. The molecule has 4 amide bonds. The lowest BCUT2D eigenvalue weighted by atomic mass is 9.86. The third-order valence-electron chi connectivity index (χ3n) is 9.03. The minimum atomic E-state index is -0.782. The van der Waals surface area contributed by atoms with Crippen molar-refractivity contribution in [3.63, 3.8) is 0 Å². The first-order chi connectivity index (χ1) is 19.5. The molecule has 3 aliphatic rings. The van der Waals surface area contributed by atoms with E-state index in [2.05, 4.69) is 18.4 Å². The third-order valence-corrected chi connectivity index (χ3v) is 9.03. The van der Waals surface area contributed by atoms with Crippen molar-refractivity contribution in [2.45, 2.75) is 64.5 Å². The van der Waals surface area contributed by atoms with Crippen molar-refractivity contribution in [2.75, 3.05) is 24.6 Å². The quantitative estimate of drug-likeness (QED) is 0.449. The number of likely N-dealkylation sites (tertiary alicyclic amines) is 1. The van der Waals surface area contributed by atoms with Gasteiger partial charge in [0.2, 0.25) is 17.7 Å². The zero-order chi connectivity index (χ0) is 29.1. The molecule has 10 nitrogen and oxygen atoms in total. The smallest absolute Gasteiger partial charge is 0.259 e. The van der Waals surface area contributed by atoms with E-state index in [9.17, 15) is 24.3 Å². The fourth-order valence-corrected chi connectivity index (χ4v) is 6.34. The molecule has 0 aliphatic carbocycles. The SMILES string of the molecule is CC(C)(CO)C(=O)N1CCC(C)(n2cc(Cc3ccc4c5c(cccc35)C(=O)N4C3CCC(=O)NC3=O)cn2)CC1. The molecular formula is C31H35N5O5. The number of amides is 4. The number of aromatic nitrogens is 2. The summed E-state index contributed by atoms with van der Waals surface area (Å²) in [5.74, 6) is -0.988. The molecule has 3 aliphatic heterocycles. The van der Waals surface area contributed by atoms with Gasteiger partial charge in [0.05, 0.1) is 29.4 Å². The summed E-state index contributed by atoms with van der Waals surface area (Å²) in [7, 11) is 0. The third kappa shape index (κ3) is 4.50. The van der Waals surface area contributed by atoms with E-state index in [0.717, 1.165) is 34.7 Å². The van der Waals surface area contributed by atoms with Crippen LogP contribution in [0.4, 0.5) is 5.69 Å². The van der Waals surface area contributed by atoms with E-state index in [0.29, 0.717) is 37.2 Å². The Labute approximate surface area is 238 Å². The number of aliphatic hydroxyl groups is 1. The highest BCUT2D eigenvalue weighted by molar-refractivity contribution is 6.27. The molecule has 10 heteroatoms. The van der Waals surface area contributed by atoms with Crippen molar-refractivity contribution in [3.05, 3.63) is 59.4 Å². The summed E-state index contributed by atoms with van der Waals surface area (Å²) in [6, 6.07) is 8.87. The van der Waals surface area contributed by atoms with E-state index < -0.39 is 17.4 Å². The summed E-state index contributed by atoms with van der Waals surface area (Å²) in [6.07, 6.45) is 6.60. The van der Waals surface area contributed by atoms with Crippen molar-refractivity contribution >= 4 is 40.1 Å². The second kappa shape index (κ2) is 9.80. The lowest BCUT2D eigenvalue weighted by Gasteiger charge is -2.41. The zero-order valence-corrected chi connectivity index (χ0v) is 23.6. The van der Waals surface area contributed by atoms with Gasteiger partial charge >= 0.3 is 0 Å². The Hall–Kier alpha value is -4.05. The molecular weight excluding hydrogens is 522 g/mol. The van der Waals surface area contributed by atoms with Crippen LogP contribution in [0, 0.1) is 5.41 Å². The Morgan fingerprint density at radius 3 is 2.61 bits per heavy atom. The first-order valence-corrected chi connectivity index (χ1v) is 14.2. The number of hydrogen-bond donors (Lipinski definition) is 2. The summed E-state index contributed by atoms with van der Waals surface area (Å²) in [4.78, 5) is 53.9. The molecule has 0 bridgehead atoms. The van der Waals surface area contributed by atoms with Gasteiger partial charge in [-0.2, -0.15) is 5.10 Å². The van der Waals surface area contributed by atoms with Gasteiger partial charge in [0, 0.05) is 43.1 Å². The van der Waals surface area contributed by atoms with Crippen LogP contribution in [0.5, 0.6) is 0 Å². The van der Waals surface area contributed by atoms with E-state index in [-0.39, 0.29) is 36.3 Å². The molecule has 2 aromatic carbocycles. The molecule has 1 aromatic heterocycles. The number of carbonyl (C=O) groups is 4. The minimum Gasteiger partial charge on any atom is -0.395 e. The minimum absolute atomic E-state index is 0.0232. The van der Waals surface area contributed by atoms with E-state index >= 15 is 0 Å². The normalized spacial score (nSPS) is 20.6. The summed E-state index contributed by atoms with van der Waals surface area (Å²) in [5, 5.41) is 18.5. The molecule has 6 rings (SSSR count). The highest BCUT2D eigenvalue weighted by Crippen LogP contribution is 2.41. The molecule has 0 saturated carbocycles. The van der Waals surface area contributed by atoms with Crippen molar-refractivity contribution < 1.29 is 24.3 Å². The fraction of sp³-hybridized carbons (Fsp3) is 0.452. The number of anilines is 1. The van der Waals surface area contributed by atoms with Crippen LogP contribution in [0.1, 0.15) is 67.9 Å². The average molecular weight is 558 g/mol.